The second kappa shape index (κ2) is 7.24. The standard InChI is InChI=1S/C13H18ClNO3/c1-9(8-16)3-2-6-15-10-4-5-11(13(17)18)12(14)7-10/h4-5,7,9,15-16H,2-3,6,8H2,1H3,(H,17,18). The summed E-state index contributed by atoms with van der Waals surface area (Å²) in [6.07, 6.45) is 1.89. The highest BCUT2D eigenvalue weighted by atomic mass is 35.5. The van der Waals surface area contributed by atoms with Crippen LogP contribution in [0, 0.1) is 5.92 Å². The SMILES string of the molecule is CC(CO)CCCNc1ccc(C(=O)O)c(Cl)c1. The van der Waals surface area contributed by atoms with Crippen molar-refractivity contribution in [1.82, 2.24) is 0 Å². The van der Waals surface area contributed by atoms with Crippen molar-refractivity contribution in [3.63, 3.8) is 0 Å². The van der Waals surface area contributed by atoms with Crippen LogP contribution in [0.1, 0.15) is 30.1 Å². The molecule has 0 aliphatic rings. The molecule has 3 N–H and O–H groups in total. The third-order valence-electron chi connectivity index (χ3n) is 2.71. The van der Waals surface area contributed by atoms with Gasteiger partial charge in [0.2, 0.25) is 0 Å². The number of benzene rings is 1. The molecule has 5 heteroatoms. The van der Waals surface area contributed by atoms with E-state index in [-0.39, 0.29) is 17.2 Å². The Kier molecular flexibility index (Phi) is 5.95. The van der Waals surface area contributed by atoms with Gasteiger partial charge in [-0.25, -0.2) is 4.79 Å². The molecular weight excluding hydrogens is 254 g/mol. The van der Waals surface area contributed by atoms with Crippen LogP contribution in [0.15, 0.2) is 18.2 Å². The average molecular weight is 272 g/mol. The number of carbonyl (C=O) groups is 1. The van der Waals surface area contributed by atoms with Crippen molar-refractivity contribution < 1.29 is 15.0 Å². The van der Waals surface area contributed by atoms with E-state index in [0.29, 0.717) is 5.92 Å². The third kappa shape index (κ3) is 4.55. The molecule has 4 nitrogen and oxygen atoms in total. The fourth-order valence-corrected chi connectivity index (χ4v) is 1.83. The smallest absolute Gasteiger partial charge is 0.337 e. The van der Waals surface area contributed by atoms with E-state index in [4.69, 9.17) is 21.8 Å². The van der Waals surface area contributed by atoms with Crippen LogP contribution in [0.25, 0.3) is 0 Å². The topological polar surface area (TPSA) is 69.6 Å². The van der Waals surface area contributed by atoms with Gasteiger partial charge in [0, 0.05) is 18.8 Å². The maximum atomic E-state index is 10.8. The number of rotatable bonds is 7. The Morgan fingerprint density at radius 1 is 1.50 bits per heavy atom. The molecule has 0 heterocycles. The lowest BCUT2D eigenvalue weighted by Crippen LogP contribution is -2.07. The monoisotopic (exact) mass is 271 g/mol. The number of nitrogens with one attached hydrogen (secondary N) is 1. The fourth-order valence-electron chi connectivity index (χ4n) is 1.57. The largest absolute Gasteiger partial charge is 0.478 e. The fraction of sp³-hybridized carbons (Fsp3) is 0.462. The predicted octanol–water partition coefficient (Wildman–Crippen LogP) is 2.86. The van der Waals surface area contributed by atoms with Crippen LogP contribution in [0.3, 0.4) is 0 Å². The highest BCUT2D eigenvalue weighted by molar-refractivity contribution is 6.33. The maximum absolute atomic E-state index is 10.8. The lowest BCUT2D eigenvalue weighted by atomic mass is 10.1. The van der Waals surface area contributed by atoms with Gasteiger partial charge >= 0.3 is 5.97 Å². The Morgan fingerprint density at radius 3 is 2.78 bits per heavy atom. The van der Waals surface area contributed by atoms with Crippen LogP contribution in [0.2, 0.25) is 5.02 Å². The average Bonchev–Trinajstić information content (AvgIpc) is 2.34. The van der Waals surface area contributed by atoms with Crippen molar-refractivity contribution in [3.05, 3.63) is 28.8 Å². The molecule has 0 radical (unpaired) electrons. The molecule has 0 aliphatic carbocycles. The summed E-state index contributed by atoms with van der Waals surface area (Å²) in [5.74, 6) is -0.715. The summed E-state index contributed by atoms with van der Waals surface area (Å²) in [6, 6.07) is 4.80. The van der Waals surface area contributed by atoms with E-state index in [1.807, 2.05) is 6.92 Å². The minimum atomic E-state index is -1.02. The lowest BCUT2D eigenvalue weighted by Gasteiger charge is -2.10. The number of aliphatic hydroxyl groups excluding tert-OH is 1. The number of carboxylic acid groups (broad SMARTS) is 1. The maximum Gasteiger partial charge on any atom is 0.337 e. The van der Waals surface area contributed by atoms with Crippen molar-refractivity contribution in [2.45, 2.75) is 19.8 Å². The number of carboxylic acids is 1. The molecular formula is C13H18ClNO3. The van der Waals surface area contributed by atoms with Crippen molar-refractivity contribution >= 4 is 23.3 Å². The first kappa shape index (κ1) is 14.8. The van der Waals surface area contributed by atoms with Crippen LogP contribution < -0.4 is 5.32 Å². The number of hydrogen-bond donors (Lipinski definition) is 3. The molecule has 1 atom stereocenters. The lowest BCUT2D eigenvalue weighted by molar-refractivity contribution is 0.0697. The Bertz CT molecular complexity index is 409. The molecule has 0 aliphatic heterocycles. The van der Waals surface area contributed by atoms with Crippen molar-refractivity contribution in [2.24, 2.45) is 5.92 Å². The van der Waals surface area contributed by atoms with Crippen molar-refractivity contribution in [3.8, 4) is 0 Å². The van der Waals surface area contributed by atoms with Crippen LogP contribution in [0.4, 0.5) is 5.69 Å². The van der Waals surface area contributed by atoms with E-state index in [1.165, 1.54) is 6.07 Å². The van der Waals surface area contributed by atoms with E-state index >= 15 is 0 Å². The van der Waals surface area contributed by atoms with Gasteiger partial charge in [0.15, 0.2) is 0 Å². The second-order valence-corrected chi connectivity index (χ2v) is 4.76. The van der Waals surface area contributed by atoms with Crippen molar-refractivity contribution in [2.75, 3.05) is 18.5 Å². The summed E-state index contributed by atoms with van der Waals surface area (Å²) >= 11 is 5.86. The molecule has 0 saturated heterocycles. The van der Waals surface area contributed by atoms with Gasteiger partial charge in [-0.05, 0) is 37.0 Å². The summed E-state index contributed by atoms with van der Waals surface area (Å²) < 4.78 is 0. The number of aliphatic hydroxyl groups is 1. The highest BCUT2D eigenvalue weighted by Crippen LogP contribution is 2.21. The molecule has 18 heavy (non-hydrogen) atoms. The minimum absolute atomic E-state index is 0.108. The molecule has 0 aromatic heterocycles. The van der Waals surface area contributed by atoms with Gasteiger partial charge in [-0.15, -0.1) is 0 Å². The molecule has 0 amide bonds. The summed E-state index contributed by atoms with van der Waals surface area (Å²) in [5.41, 5.74) is 0.915. The second-order valence-electron chi connectivity index (χ2n) is 4.36. The van der Waals surface area contributed by atoms with Crippen molar-refractivity contribution in [1.29, 1.82) is 0 Å². The summed E-state index contributed by atoms with van der Waals surface area (Å²) in [4.78, 5) is 10.8. The van der Waals surface area contributed by atoms with Crippen LogP contribution in [-0.2, 0) is 0 Å². The number of aromatic carboxylic acids is 1. The zero-order valence-corrected chi connectivity index (χ0v) is 11.1. The molecule has 1 aromatic carbocycles. The summed E-state index contributed by atoms with van der Waals surface area (Å²) in [7, 11) is 0. The van der Waals surface area contributed by atoms with Gasteiger partial charge in [0.05, 0.1) is 10.6 Å². The van der Waals surface area contributed by atoms with E-state index in [1.54, 1.807) is 12.1 Å². The van der Waals surface area contributed by atoms with Gasteiger partial charge in [0.1, 0.15) is 0 Å². The molecule has 0 saturated carbocycles. The number of anilines is 1. The molecule has 1 unspecified atom stereocenters. The van der Waals surface area contributed by atoms with E-state index in [0.717, 1.165) is 25.1 Å². The highest BCUT2D eigenvalue weighted by Gasteiger charge is 2.08. The molecule has 0 spiro atoms. The molecule has 1 aromatic rings. The van der Waals surface area contributed by atoms with Crippen LogP contribution in [0.5, 0.6) is 0 Å². The van der Waals surface area contributed by atoms with E-state index in [9.17, 15) is 4.79 Å². The van der Waals surface area contributed by atoms with Gasteiger partial charge in [0.25, 0.3) is 0 Å². The van der Waals surface area contributed by atoms with Gasteiger partial charge in [-0.2, -0.15) is 0 Å². The molecule has 0 fully saturated rings. The number of hydrogen-bond acceptors (Lipinski definition) is 3. The normalized spacial score (nSPS) is 12.2. The first-order valence-corrected chi connectivity index (χ1v) is 6.30. The zero-order chi connectivity index (χ0) is 13.5. The Hall–Kier alpha value is -1.26. The van der Waals surface area contributed by atoms with Crippen LogP contribution >= 0.6 is 11.6 Å². The van der Waals surface area contributed by atoms with Gasteiger partial charge in [-0.1, -0.05) is 18.5 Å². The minimum Gasteiger partial charge on any atom is -0.478 e. The molecule has 0 bridgehead atoms. The van der Waals surface area contributed by atoms with Gasteiger partial charge in [-0.3, -0.25) is 0 Å². The molecule has 1 rings (SSSR count). The summed E-state index contributed by atoms with van der Waals surface area (Å²) in [5, 5.41) is 21.1. The first-order chi connectivity index (χ1) is 8.54. The first-order valence-electron chi connectivity index (χ1n) is 5.92. The molecule has 100 valence electrons. The quantitative estimate of drug-likeness (QED) is 0.667. The van der Waals surface area contributed by atoms with Crippen LogP contribution in [-0.4, -0.2) is 29.3 Å². The third-order valence-corrected chi connectivity index (χ3v) is 3.03. The Morgan fingerprint density at radius 2 is 2.22 bits per heavy atom. The number of halogens is 1. The Labute approximate surface area is 112 Å². The summed E-state index contributed by atoms with van der Waals surface area (Å²) in [6.45, 7) is 2.98. The van der Waals surface area contributed by atoms with Gasteiger partial charge < -0.3 is 15.5 Å². The zero-order valence-electron chi connectivity index (χ0n) is 10.3. The van der Waals surface area contributed by atoms with E-state index in [2.05, 4.69) is 5.32 Å². The Balaban J connectivity index is 2.44. The van der Waals surface area contributed by atoms with E-state index < -0.39 is 5.97 Å². The predicted molar refractivity (Wildman–Crippen MR) is 72.4 cm³/mol.